The lowest BCUT2D eigenvalue weighted by Crippen LogP contribution is -2.27. The van der Waals surface area contributed by atoms with E-state index in [-0.39, 0.29) is 10.6 Å². The van der Waals surface area contributed by atoms with Crippen LogP contribution in [0.1, 0.15) is 41.6 Å². The molecule has 0 saturated carbocycles. The fourth-order valence-electron chi connectivity index (χ4n) is 3.84. The second-order valence-corrected chi connectivity index (χ2v) is 12.2. The lowest BCUT2D eigenvalue weighted by Gasteiger charge is -2.23. The molecule has 0 bridgehead atoms. The number of sulfonamides is 2. The summed E-state index contributed by atoms with van der Waals surface area (Å²) in [5.41, 5.74) is 4.47. The maximum absolute atomic E-state index is 13.6. The van der Waals surface area contributed by atoms with E-state index in [2.05, 4.69) is 9.82 Å². The Bertz CT molecular complexity index is 1450. The normalized spacial score (nSPS) is 16.4. The van der Waals surface area contributed by atoms with Gasteiger partial charge in [-0.1, -0.05) is 59.7 Å². The molecule has 1 aliphatic rings. The van der Waals surface area contributed by atoms with Gasteiger partial charge in [0.1, 0.15) is 0 Å². The highest BCUT2D eigenvalue weighted by atomic mass is 32.2. The van der Waals surface area contributed by atoms with Gasteiger partial charge in [-0.3, -0.25) is 4.72 Å². The third-order valence-electron chi connectivity index (χ3n) is 5.71. The molecule has 7 nitrogen and oxygen atoms in total. The second kappa shape index (κ2) is 9.23. The van der Waals surface area contributed by atoms with Crippen LogP contribution < -0.4 is 4.72 Å². The summed E-state index contributed by atoms with van der Waals surface area (Å²) in [7, 11) is -7.36. The van der Waals surface area contributed by atoms with Crippen molar-refractivity contribution in [2.75, 3.05) is 10.5 Å². The molecule has 3 aromatic carbocycles. The van der Waals surface area contributed by atoms with E-state index >= 15 is 0 Å². The minimum Gasteiger partial charge on any atom is -0.284 e. The Kier molecular flexibility index (Phi) is 6.51. The number of hydrogen-bond donors (Lipinski definition) is 1. The van der Waals surface area contributed by atoms with E-state index in [1.54, 1.807) is 55.5 Å². The molecule has 1 heterocycles. The fourth-order valence-corrected chi connectivity index (χ4v) is 5.91. The Hall–Kier alpha value is -3.17. The van der Waals surface area contributed by atoms with Crippen LogP contribution in [-0.4, -0.2) is 32.7 Å². The van der Waals surface area contributed by atoms with Crippen LogP contribution in [-0.2, 0) is 20.0 Å². The highest BCUT2D eigenvalue weighted by molar-refractivity contribution is 7.92. The summed E-state index contributed by atoms with van der Waals surface area (Å²) in [6.07, 6.45) is 0.360. The van der Waals surface area contributed by atoms with Crippen molar-refractivity contribution in [3.63, 3.8) is 0 Å². The topological polar surface area (TPSA) is 95.9 Å². The lowest BCUT2D eigenvalue weighted by molar-refractivity contribution is 0.371. The number of nitrogens with one attached hydrogen (secondary N) is 1. The van der Waals surface area contributed by atoms with E-state index in [1.807, 2.05) is 38.1 Å². The largest absolute Gasteiger partial charge is 0.284 e. The van der Waals surface area contributed by atoms with E-state index in [1.165, 1.54) is 4.41 Å². The van der Waals surface area contributed by atoms with Gasteiger partial charge in [-0.15, -0.1) is 0 Å². The monoisotopic (exact) mass is 497 g/mol. The van der Waals surface area contributed by atoms with Gasteiger partial charge in [-0.05, 0) is 56.2 Å². The molecule has 0 aromatic heterocycles. The molecule has 0 radical (unpaired) electrons. The fraction of sp³-hybridized carbons (Fsp3) is 0.240. The van der Waals surface area contributed by atoms with Crippen LogP contribution in [0.3, 0.4) is 0 Å². The summed E-state index contributed by atoms with van der Waals surface area (Å²) >= 11 is 0. The van der Waals surface area contributed by atoms with E-state index in [0.717, 1.165) is 16.7 Å². The molecule has 1 atom stereocenters. The van der Waals surface area contributed by atoms with E-state index in [4.69, 9.17) is 0 Å². The molecule has 1 aliphatic heterocycles. The standard InChI is InChI=1S/C25H27N3O4S2/c1-4-33(29,30)27-22-10-6-8-20(16-22)24-17-25(21-9-5-7-19(3)15-21)28(26-24)34(31,32)23-13-11-18(2)12-14-23/h5-16,25,27H,4,17H2,1-3H3. The summed E-state index contributed by atoms with van der Waals surface area (Å²) in [5, 5.41) is 4.56. The van der Waals surface area contributed by atoms with Crippen LogP contribution >= 0.6 is 0 Å². The van der Waals surface area contributed by atoms with Gasteiger partial charge in [-0.2, -0.15) is 17.9 Å². The van der Waals surface area contributed by atoms with Crippen molar-refractivity contribution in [3.8, 4) is 0 Å². The number of aryl methyl sites for hydroxylation is 2. The first-order chi connectivity index (χ1) is 16.1. The summed E-state index contributed by atoms with van der Waals surface area (Å²) in [6, 6.07) is 20.8. The van der Waals surface area contributed by atoms with Gasteiger partial charge in [0.05, 0.1) is 22.4 Å². The molecule has 0 amide bonds. The molecule has 4 rings (SSSR count). The number of anilines is 1. The zero-order chi connectivity index (χ0) is 24.5. The van der Waals surface area contributed by atoms with Crippen LogP contribution in [0.4, 0.5) is 5.69 Å². The zero-order valence-electron chi connectivity index (χ0n) is 19.3. The molecule has 0 spiro atoms. The summed E-state index contributed by atoms with van der Waals surface area (Å²) < 4.78 is 55.0. The summed E-state index contributed by atoms with van der Waals surface area (Å²) in [4.78, 5) is 0.171. The van der Waals surface area contributed by atoms with E-state index in [9.17, 15) is 16.8 Å². The molecule has 0 saturated heterocycles. The Morgan fingerprint density at radius 1 is 0.912 bits per heavy atom. The van der Waals surface area contributed by atoms with Crippen LogP contribution in [0.25, 0.3) is 0 Å². The van der Waals surface area contributed by atoms with Crippen molar-refractivity contribution in [3.05, 3.63) is 95.1 Å². The third kappa shape index (κ3) is 5.00. The average Bonchev–Trinajstić information content (AvgIpc) is 3.26. The molecule has 0 aliphatic carbocycles. The highest BCUT2D eigenvalue weighted by Gasteiger charge is 2.37. The van der Waals surface area contributed by atoms with Gasteiger partial charge in [0, 0.05) is 12.1 Å². The van der Waals surface area contributed by atoms with Gasteiger partial charge in [0.15, 0.2) is 0 Å². The number of hydrogen-bond acceptors (Lipinski definition) is 5. The van der Waals surface area contributed by atoms with Crippen molar-refractivity contribution in [1.29, 1.82) is 0 Å². The average molecular weight is 498 g/mol. The molecular formula is C25H27N3O4S2. The third-order valence-corrected chi connectivity index (χ3v) is 8.72. The van der Waals surface area contributed by atoms with E-state index < -0.39 is 26.1 Å². The Balaban J connectivity index is 1.77. The van der Waals surface area contributed by atoms with Gasteiger partial charge < -0.3 is 0 Å². The van der Waals surface area contributed by atoms with Gasteiger partial charge in [0.25, 0.3) is 10.0 Å². The first-order valence-corrected chi connectivity index (χ1v) is 14.0. The summed E-state index contributed by atoms with van der Waals surface area (Å²) in [5.74, 6) is -0.0455. The molecule has 178 valence electrons. The van der Waals surface area contributed by atoms with Crippen molar-refractivity contribution in [2.24, 2.45) is 5.10 Å². The van der Waals surface area contributed by atoms with Gasteiger partial charge >= 0.3 is 0 Å². The predicted octanol–water partition coefficient (Wildman–Crippen LogP) is 4.61. The zero-order valence-corrected chi connectivity index (χ0v) is 20.9. The molecule has 1 unspecified atom stereocenters. The molecule has 1 N–H and O–H groups in total. The molecule has 9 heteroatoms. The first kappa shape index (κ1) is 24.0. The molecule has 3 aromatic rings. The van der Waals surface area contributed by atoms with Crippen molar-refractivity contribution < 1.29 is 16.8 Å². The Morgan fingerprint density at radius 2 is 1.62 bits per heavy atom. The summed E-state index contributed by atoms with van der Waals surface area (Å²) in [6.45, 7) is 5.42. The van der Waals surface area contributed by atoms with Crippen LogP contribution in [0.15, 0.2) is 82.8 Å². The minimum atomic E-state index is -3.92. The van der Waals surface area contributed by atoms with E-state index in [0.29, 0.717) is 23.4 Å². The van der Waals surface area contributed by atoms with Crippen molar-refractivity contribution in [1.82, 2.24) is 4.41 Å². The van der Waals surface area contributed by atoms with Crippen molar-refractivity contribution in [2.45, 2.75) is 38.1 Å². The molecule has 34 heavy (non-hydrogen) atoms. The molecule has 0 fully saturated rings. The SMILES string of the molecule is CCS(=O)(=O)Nc1cccc(C2=NN(S(=O)(=O)c3ccc(C)cc3)C(c3cccc(C)c3)C2)c1. The number of rotatable bonds is 7. The maximum Gasteiger partial charge on any atom is 0.279 e. The van der Waals surface area contributed by atoms with Crippen LogP contribution in [0, 0.1) is 13.8 Å². The van der Waals surface area contributed by atoms with Crippen molar-refractivity contribution >= 4 is 31.4 Å². The van der Waals surface area contributed by atoms with Gasteiger partial charge in [0.2, 0.25) is 10.0 Å². The lowest BCUT2D eigenvalue weighted by atomic mass is 9.98. The predicted molar refractivity (Wildman–Crippen MR) is 135 cm³/mol. The van der Waals surface area contributed by atoms with Crippen LogP contribution in [0.5, 0.6) is 0 Å². The Labute approximate surface area is 201 Å². The quantitative estimate of drug-likeness (QED) is 0.516. The maximum atomic E-state index is 13.6. The second-order valence-electron chi connectivity index (χ2n) is 8.36. The van der Waals surface area contributed by atoms with Crippen LogP contribution in [0.2, 0.25) is 0 Å². The first-order valence-electron chi connectivity index (χ1n) is 10.9. The van der Waals surface area contributed by atoms with Gasteiger partial charge in [-0.25, -0.2) is 8.42 Å². The highest BCUT2D eigenvalue weighted by Crippen LogP contribution is 2.37. The minimum absolute atomic E-state index is 0.0455. The number of benzene rings is 3. The molecular weight excluding hydrogens is 470 g/mol. The number of hydrazone groups is 1. The Morgan fingerprint density at radius 3 is 2.29 bits per heavy atom. The number of nitrogens with zero attached hydrogens (tertiary/aromatic N) is 2. The smallest absolute Gasteiger partial charge is 0.279 e.